The van der Waals surface area contributed by atoms with Crippen LogP contribution in [0, 0.1) is 0 Å². The lowest BCUT2D eigenvalue weighted by Gasteiger charge is -1.89. The van der Waals surface area contributed by atoms with E-state index in [1.807, 2.05) is 0 Å². The Morgan fingerprint density at radius 1 is 1.00 bits per heavy atom. The van der Waals surface area contributed by atoms with Gasteiger partial charge in [-0.25, -0.2) is 16.8 Å². The van der Waals surface area contributed by atoms with Crippen LogP contribution in [0.1, 0.15) is 26.7 Å². The summed E-state index contributed by atoms with van der Waals surface area (Å²) < 4.78 is 41.6. The Morgan fingerprint density at radius 2 is 1.36 bits per heavy atom. The molecule has 1 aliphatic heterocycles. The molecule has 0 saturated carbocycles. The van der Waals surface area contributed by atoms with Gasteiger partial charge in [-0.3, -0.25) is 0 Å². The number of sulfone groups is 2. The zero-order chi connectivity index (χ0) is 11.2. The van der Waals surface area contributed by atoms with Gasteiger partial charge in [0.1, 0.15) is 19.7 Å². The molecule has 0 spiro atoms. The standard InChI is InChI=1S/C4H8O2S.C4H10O2S/c5-7(6)3-1-2-4-7;1-3-7(5,6)4-2/h1-4H2;3-4H2,1-2H3. The highest BCUT2D eigenvalue weighted by Gasteiger charge is 2.16. The molecule has 0 unspecified atom stereocenters. The Balaban J connectivity index is 0.000000241. The Morgan fingerprint density at radius 3 is 1.43 bits per heavy atom. The third-order valence-electron chi connectivity index (χ3n) is 2.04. The lowest BCUT2D eigenvalue weighted by molar-refractivity contribution is 0.598. The van der Waals surface area contributed by atoms with Gasteiger partial charge in [0.25, 0.3) is 0 Å². The molecule has 1 fully saturated rings. The maximum Gasteiger partial charge on any atom is 0.150 e. The van der Waals surface area contributed by atoms with E-state index in [1.165, 1.54) is 0 Å². The van der Waals surface area contributed by atoms with Gasteiger partial charge in [-0.05, 0) is 12.8 Å². The Labute approximate surface area is 86.5 Å². The van der Waals surface area contributed by atoms with E-state index in [0.29, 0.717) is 11.5 Å². The third-order valence-corrected chi connectivity index (χ3v) is 5.62. The summed E-state index contributed by atoms with van der Waals surface area (Å²) in [7, 11) is -5.20. The molecule has 6 heteroatoms. The van der Waals surface area contributed by atoms with Gasteiger partial charge < -0.3 is 0 Å². The first kappa shape index (κ1) is 13.9. The van der Waals surface area contributed by atoms with Crippen LogP contribution in [0.25, 0.3) is 0 Å². The van der Waals surface area contributed by atoms with Crippen molar-refractivity contribution in [3.8, 4) is 0 Å². The first-order chi connectivity index (χ1) is 6.33. The summed E-state index contributed by atoms with van der Waals surface area (Å²) in [5.74, 6) is 1.38. The zero-order valence-corrected chi connectivity index (χ0v) is 10.3. The van der Waals surface area contributed by atoms with E-state index >= 15 is 0 Å². The molecule has 0 aromatic heterocycles. The fraction of sp³-hybridized carbons (Fsp3) is 1.00. The average molecular weight is 242 g/mol. The molecule has 0 aromatic carbocycles. The molecule has 1 aliphatic rings. The van der Waals surface area contributed by atoms with Crippen LogP contribution in [0.15, 0.2) is 0 Å². The van der Waals surface area contributed by atoms with E-state index in [4.69, 9.17) is 0 Å². The fourth-order valence-corrected chi connectivity index (χ4v) is 2.85. The number of rotatable bonds is 2. The Bertz CT molecular complexity index is 306. The average Bonchev–Trinajstić information content (AvgIpc) is 2.51. The van der Waals surface area contributed by atoms with E-state index in [-0.39, 0.29) is 11.5 Å². The predicted octanol–water partition coefficient (Wildman–Crippen LogP) is 0.636. The van der Waals surface area contributed by atoms with Crippen molar-refractivity contribution >= 4 is 19.7 Å². The van der Waals surface area contributed by atoms with Crippen molar-refractivity contribution in [3.05, 3.63) is 0 Å². The fourth-order valence-electron chi connectivity index (χ4n) is 0.950. The lowest BCUT2D eigenvalue weighted by Crippen LogP contribution is -2.04. The molecule has 0 aromatic rings. The first-order valence-corrected chi connectivity index (χ1v) is 8.38. The van der Waals surface area contributed by atoms with Crippen LogP contribution in [0.3, 0.4) is 0 Å². The SMILES string of the molecule is CCS(=O)(=O)CC.O=S1(=O)CCCC1. The third kappa shape index (κ3) is 6.37. The maximum atomic E-state index is 10.4. The topological polar surface area (TPSA) is 68.3 Å². The van der Waals surface area contributed by atoms with Crippen LogP contribution < -0.4 is 0 Å². The summed E-state index contributed by atoms with van der Waals surface area (Å²) in [6.45, 7) is 3.30. The van der Waals surface area contributed by atoms with Crippen LogP contribution >= 0.6 is 0 Å². The molecule has 1 saturated heterocycles. The van der Waals surface area contributed by atoms with Crippen molar-refractivity contribution in [2.75, 3.05) is 23.0 Å². The van der Waals surface area contributed by atoms with Crippen molar-refractivity contribution in [1.29, 1.82) is 0 Å². The smallest absolute Gasteiger partial charge is 0.150 e. The van der Waals surface area contributed by atoms with Crippen LogP contribution in [0.5, 0.6) is 0 Å². The second-order valence-electron chi connectivity index (χ2n) is 3.18. The van der Waals surface area contributed by atoms with Gasteiger partial charge in [0.2, 0.25) is 0 Å². The second-order valence-corrected chi connectivity index (χ2v) is 8.13. The van der Waals surface area contributed by atoms with Gasteiger partial charge in [0, 0.05) is 11.5 Å². The van der Waals surface area contributed by atoms with Crippen molar-refractivity contribution in [2.45, 2.75) is 26.7 Å². The summed E-state index contributed by atoms with van der Waals surface area (Å²) in [5, 5.41) is 0. The van der Waals surface area contributed by atoms with Crippen molar-refractivity contribution < 1.29 is 16.8 Å². The molecule has 0 amide bonds. The predicted molar refractivity (Wildman–Crippen MR) is 57.9 cm³/mol. The number of hydrogen-bond donors (Lipinski definition) is 0. The molecule has 86 valence electrons. The van der Waals surface area contributed by atoms with Gasteiger partial charge in [0.15, 0.2) is 0 Å². The van der Waals surface area contributed by atoms with Crippen LogP contribution in [0.4, 0.5) is 0 Å². The Hall–Kier alpha value is -0.100. The molecule has 0 N–H and O–H groups in total. The molecule has 1 heterocycles. The lowest BCUT2D eigenvalue weighted by atomic mass is 10.4. The molecular weight excluding hydrogens is 224 g/mol. The summed E-state index contributed by atoms with van der Waals surface area (Å²) in [4.78, 5) is 0. The molecule has 14 heavy (non-hydrogen) atoms. The van der Waals surface area contributed by atoms with Crippen LogP contribution in [-0.4, -0.2) is 39.8 Å². The highest BCUT2D eigenvalue weighted by molar-refractivity contribution is 7.91. The minimum atomic E-state index is -2.66. The van der Waals surface area contributed by atoms with Gasteiger partial charge in [0.05, 0.1) is 11.5 Å². The van der Waals surface area contributed by atoms with Crippen molar-refractivity contribution in [1.82, 2.24) is 0 Å². The molecule has 0 aliphatic carbocycles. The van der Waals surface area contributed by atoms with Crippen LogP contribution in [-0.2, 0) is 19.7 Å². The maximum absolute atomic E-state index is 10.4. The van der Waals surface area contributed by atoms with Crippen molar-refractivity contribution in [2.24, 2.45) is 0 Å². The molecule has 1 rings (SSSR count). The highest BCUT2D eigenvalue weighted by atomic mass is 32.2. The van der Waals surface area contributed by atoms with Gasteiger partial charge in [-0.1, -0.05) is 13.8 Å². The summed E-state index contributed by atoms with van der Waals surface area (Å²) in [6.07, 6.45) is 1.75. The van der Waals surface area contributed by atoms with Gasteiger partial charge >= 0.3 is 0 Å². The summed E-state index contributed by atoms with van der Waals surface area (Å²) in [5.41, 5.74) is 0. The van der Waals surface area contributed by atoms with E-state index < -0.39 is 19.7 Å². The highest BCUT2D eigenvalue weighted by Crippen LogP contribution is 2.08. The van der Waals surface area contributed by atoms with Gasteiger partial charge in [-0.2, -0.15) is 0 Å². The normalized spacial score (nSPS) is 19.9. The summed E-state index contributed by atoms with van der Waals surface area (Å²) in [6, 6.07) is 0. The second kappa shape index (κ2) is 5.70. The van der Waals surface area contributed by atoms with E-state index in [0.717, 1.165) is 12.8 Å². The number of hydrogen-bond acceptors (Lipinski definition) is 4. The monoisotopic (exact) mass is 242 g/mol. The van der Waals surface area contributed by atoms with E-state index in [1.54, 1.807) is 13.8 Å². The molecule has 0 atom stereocenters. The first-order valence-electron chi connectivity index (χ1n) is 4.74. The van der Waals surface area contributed by atoms with Gasteiger partial charge in [-0.15, -0.1) is 0 Å². The van der Waals surface area contributed by atoms with Crippen LogP contribution in [0.2, 0.25) is 0 Å². The molecule has 0 radical (unpaired) electrons. The zero-order valence-electron chi connectivity index (χ0n) is 8.69. The minimum absolute atomic E-state index is 0.267. The van der Waals surface area contributed by atoms with E-state index in [9.17, 15) is 16.8 Å². The molecule has 4 nitrogen and oxygen atoms in total. The summed E-state index contributed by atoms with van der Waals surface area (Å²) >= 11 is 0. The largest absolute Gasteiger partial charge is 0.229 e. The minimum Gasteiger partial charge on any atom is -0.229 e. The quantitative estimate of drug-likeness (QED) is 0.712. The molecule has 0 bridgehead atoms. The molecular formula is C8H18O4S2. The van der Waals surface area contributed by atoms with Crippen molar-refractivity contribution in [3.63, 3.8) is 0 Å². The van der Waals surface area contributed by atoms with E-state index in [2.05, 4.69) is 0 Å². The Kier molecular flexibility index (Phi) is 5.66.